The van der Waals surface area contributed by atoms with Crippen LogP contribution in [0.15, 0.2) is 29.2 Å². The lowest BCUT2D eigenvalue weighted by Crippen LogP contribution is -2.07. The molecular weight excluding hydrogens is 224 g/mol. The monoisotopic (exact) mass is 232 g/mol. The van der Waals surface area contributed by atoms with Gasteiger partial charge in [0.15, 0.2) is 0 Å². The zero-order valence-electron chi connectivity index (χ0n) is 7.27. The fourth-order valence-electron chi connectivity index (χ4n) is 0.853. The minimum absolute atomic E-state index is 0.129. The molecule has 1 aromatic carbocycles. The van der Waals surface area contributed by atoms with E-state index >= 15 is 0 Å². The van der Waals surface area contributed by atoms with Crippen molar-refractivity contribution in [3.63, 3.8) is 0 Å². The van der Waals surface area contributed by atoms with E-state index in [1.807, 2.05) is 18.2 Å². The molecule has 76 valence electrons. The summed E-state index contributed by atoms with van der Waals surface area (Å²) in [5.41, 5.74) is -0.826. The Hall–Kier alpha value is -0.870. The third-order valence-corrected chi connectivity index (χ3v) is 1.90. The maximum atomic E-state index is 10.2. The molecule has 0 spiro atoms. The number of rotatable bonds is 4. The summed E-state index contributed by atoms with van der Waals surface area (Å²) < 4.78 is 9.75. The summed E-state index contributed by atoms with van der Waals surface area (Å²) >= 11 is 9.14. The Bertz CT molecular complexity index is 317. The predicted molar refractivity (Wildman–Crippen MR) is 56.4 cm³/mol. The van der Waals surface area contributed by atoms with Crippen molar-refractivity contribution in [3.05, 3.63) is 24.3 Å². The summed E-state index contributed by atoms with van der Waals surface area (Å²) in [7, 11) is 0. The van der Waals surface area contributed by atoms with Crippen molar-refractivity contribution in [2.45, 2.75) is 4.90 Å². The Balaban J connectivity index is 2.31. The molecule has 0 radical (unpaired) electrons. The Morgan fingerprint density at radius 2 is 2.07 bits per heavy atom. The van der Waals surface area contributed by atoms with Gasteiger partial charge in [-0.3, -0.25) is 0 Å². The van der Waals surface area contributed by atoms with E-state index in [9.17, 15) is 4.79 Å². The van der Waals surface area contributed by atoms with E-state index in [1.54, 1.807) is 6.07 Å². The first-order valence-corrected chi connectivity index (χ1v) is 4.75. The van der Waals surface area contributed by atoms with Crippen molar-refractivity contribution >= 4 is 29.7 Å². The second-order valence-electron chi connectivity index (χ2n) is 2.40. The van der Waals surface area contributed by atoms with E-state index in [0.29, 0.717) is 5.75 Å². The van der Waals surface area contributed by atoms with Crippen LogP contribution in [0.5, 0.6) is 5.75 Å². The van der Waals surface area contributed by atoms with Gasteiger partial charge in [0.2, 0.25) is 0 Å². The van der Waals surface area contributed by atoms with Crippen molar-refractivity contribution in [1.82, 2.24) is 0 Å². The van der Waals surface area contributed by atoms with Gasteiger partial charge < -0.3 is 9.47 Å². The smallest absolute Gasteiger partial charge is 0.403 e. The largest absolute Gasteiger partial charge is 0.489 e. The molecular formula is C9H9ClO3S. The lowest BCUT2D eigenvalue weighted by atomic mass is 10.3. The molecule has 14 heavy (non-hydrogen) atoms. The molecule has 3 nitrogen and oxygen atoms in total. The second kappa shape index (κ2) is 5.78. The van der Waals surface area contributed by atoms with Gasteiger partial charge in [-0.05, 0) is 12.1 Å². The number of para-hydroxylation sites is 1. The molecule has 0 atom stereocenters. The van der Waals surface area contributed by atoms with Gasteiger partial charge in [-0.25, -0.2) is 4.79 Å². The van der Waals surface area contributed by atoms with Crippen LogP contribution in [0.3, 0.4) is 0 Å². The molecule has 0 heterocycles. The number of ether oxygens (including phenoxy) is 2. The van der Waals surface area contributed by atoms with Crippen LogP contribution in [0, 0.1) is 0 Å². The summed E-state index contributed by atoms with van der Waals surface area (Å²) in [4.78, 5) is 10.9. The number of halogens is 1. The first kappa shape index (κ1) is 11.2. The number of thiol groups is 1. The molecule has 1 aromatic rings. The van der Waals surface area contributed by atoms with E-state index in [-0.39, 0.29) is 13.2 Å². The quantitative estimate of drug-likeness (QED) is 0.493. The Labute approximate surface area is 92.4 Å². The number of benzene rings is 1. The highest BCUT2D eigenvalue weighted by Gasteiger charge is 1.99. The topological polar surface area (TPSA) is 35.5 Å². The number of hydrogen-bond acceptors (Lipinski definition) is 4. The summed E-state index contributed by atoms with van der Waals surface area (Å²) in [6, 6.07) is 7.29. The van der Waals surface area contributed by atoms with Gasteiger partial charge in [0.25, 0.3) is 0 Å². The lowest BCUT2D eigenvalue weighted by Gasteiger charge is -2.07. The molecule has 0 unspecified atom stereocenters. The van der Waals surface area contributed by atoms with E-state index < -0.39 is 5.43 Å². The maximum Gasteiger partial charge on any atom is 0.403 e. The third kappa shape index (κ3) is 3.89. The van der Waals surface area contributed by atoms with Crippen LogP contribution in [0.1, 0.15) is 0 Å². The van der Waals surface area contributed by atoms with Crippen molar-refractivity contribution in [3.8, 4) is 5.75 Å². The molecule has 0 N–H and O–H groups in total. The molecule has 0 aliphatic rings. The Morgan fingerprint density at radius 3 is 2.71 bits per heavy atom. The van der Waals surface area contributed by atoms with Crippen molar-refractivity contribution < 1.29 is 14.3 Å². The number of carbonyl (C=O) groups is 1. The van der Waals surface area contributed by atoms with Crippen molar-refractivity contribution in [1.29, 1.82) is 0 Å². The van der Waals surface area contributed by atoms with E-state index in [0.717, 1.165) is 4.90 Å². The zero-order valence-corrected chi connectivity index (χ0v) is 8.92. The maximum absolute atomic E-state index is 10.2. The average Bonchev–Trinajstić information content (AvgIpc) is 2.15. The lowest BCUT2D eigenvalue weighted by molar-refractivity contribution is 0.146. The molecule has 1 rings (SSSR count). The molecule has 0 saturated heterocycles. The highest BCUT2D eigenvalue weighted by Crippen LogP contribution is 2.20. The van der Waals surface area contributed by atoms with Crippen LogP contribution in [0.25, 0.3) is 0 Å². The molecule has 0 saturated carbocycles. The highest BCUT2D eigenvalue weighted by atomic mass is 35.5. The van der Waals surface area contributed by atoms with E-state index in [2.05, 4.69) is 17.4 Å². The zero-order chi connectivity index (χ0) is 10.4. The van der Waals surface area contributed by atoms with E-state index in [1.165, 1.54) is 0 Å². The standard InChI is InChI=1S/C9H9ClO3S/c10-9(11)13-6-5-12-7-3-1-2-4-8(7)14/h1-4,14H,5-6H2. The van der Waals surface area contributed by atoms with Crippen molar-refractivity contribution in [2.24, 2.45) is 0 Å². The third-order valence-electron chi connectivity index (χ3n) is 1.42. The summed E-state index contributed by atoms with van der Waals surface area (Å²) in [6.07, 6.45) is 0. The normalized spacial score (nSPS) is 9.57. The van der Waals surface area contributed by atoms with Gasteiger partial charge in [-0.1, -0.05) is 12.1 Å². The van der Waals surface area contributed by atoms with E-state index in [4.69, 9.17) is 16.3 Å². The van der Waals surface area contributed by atoms with Gasteiger partial charge >= 0.3 is 5.43 Å². The molecule has 0 bridgehead atoms. The second-order valence-corrected chi connectivity index (χ2v) is 3.19. The molecule has 0 aromatic heterocycles. The molecule has 0 amide bonds. The fourth-order valence-corrected chi connectivity index (χ4v) is 1.16. The Morgan fingerprint density at radius 1 is 1.36 bits per heavy atom. The fraction of sp³-hybridized carbons (Fsp3) is 0.222. The minimum Gasteiger partial charge on any atom is -0.489 e. The average molecular weight is 233 g/mol. The van der Waals surface area contributed by atoms with Crippen LogP contribution in [-0.4, -0.2) is 18.6 Å². The van der Waals surface area contributed by atoms with Crippen LogP contribution in [-0.2, 0) is 4.74 Å². The molecule has 0 aliphatic carbocycles. The summed E-state index contributed by atoms with van der Waals surface area (Å²) in [5.74, 6) is 0.654. The SMILES string of the molecule is O=C(Cl)OCCOc1ccccc1S. The number of carbonyl (C=O) groups excluding carboxylic acids is 1. The van der Waals surface area contributed by atoms with Crippen LogP contribution in [0.4, 0.5) is 4.79 Å². The van der Waals surface area contributed by atoms with Crippen LogP contribution < -0.4 is 4.74 Å². The van der Waals surface area contributed by atoms with Gasteiger partial charge in [0, 0.05) is 16.5 Å². The minimum atomic E-state index is -0.826. The van der Waals surface area contributed by atoms with Crippen LogP contribution >= 0.6 is 24.2 Å². The highest BCUT2D eigenvalue weighted by molar-refractivity contribution is 7.80. The summed E-state index contributed by atoms with van der Waals surface area (Å²) in [5, 5.41) is 0. The predicted octanol–water partition coefficient (Wildman–Crippen LogP) is 2.73. The molecule has 0 aliphatic heterocycles. The van der Waals surface area contributed by atoms with Crippen molar-refractivity contribution in [2.75, 3.05) is 13.2 Å². The molecule has 0 fully saturated rings. The number of hydrogen-bond donors (Lipinski definition) is 1. The first-order valence-electron chi connectivity index (χ1n) is 3.93. The first-order chi connectivity index (χ1) is 6.70. The molecule has 5 heteroatoms. The van der Waals surface area contributed by atoms with Gasteiger partial charge in [0.1, 0.15) is 19.0 Å². The summed E-state index contributed by atoms with van der Waals surface area (Å²) in [6.45, 7) is 0.389. The van der Waals surface area contributed by atoms with Crippen LogP contribution in [0.2, 0.25) is 0 Å². The van der Waals surface area contributed by atoms with Gasteiger partial charge in [-0.2, -0.15) is 0 Å². The van der Waals surface area contributed by atoms with Gasteiger partial charge in [-0.15, -0.1) is 12.6 Å². The van der Waals surface area contributed by atoms with Gasteiger partial charge in [0.05, 0.1) is 0 Å². The Kier molecular flexibility index (Phi) is 4.62.